The first-order valence-corrected chi connectivity index (χ1v) is 11.5. The van der Waals surface area contributed by atoms with Crippen LogP contribution in [0.1, 0.15) is 38.7 Å². The second kappa shape index (κ2) is 7.70. The van der Waals surface area contributed by atoms with Gasteiger partial charge in [0.25, 0.3) is 0 Å². The maximum absolute atomic E-state index is 13.9. The predicted molar refractivity (Wildman–Crippen MR) is 129 cm³/mol. The van der Waals surface area contributed by atoms with Crippen LogP contribution in [0.4, 0.5) is 10.1 Å². The molecule has 0 bridgehead atoms. The number of imide groups is 1. The summed E-state index contributed by atoms with van der Waals surface area (Å²) < 4.78 is 13.5. The van der Waals surface area contributed by atoms with Crippen LogP contribution in [0.2, 0.25) is 0 Å². The van der Waals surface area contributed by atoms with Gasteiger partial charge in [0, 0.05) is 5.56 Å². The molecule has 0 N–H and O–H groups in total. The average Bonchev–Trinajstić information content (AvgIpc) is 3.32. The summed E-state index contributed by atoms with van der Waals surface area (Å²) in [7, 11) is 0. The summed E-state index contributed by atoms with van der Waals surface area (Å²) in [5, 5.41) is 6.16. The molecule has 3 aromatic rings. The van der Waals surface area contributed by atoms with Crippen LogP contribution in [-0.4, -0.2) is 34.9 Å². The summed E-state index contributed by atoms with van der Waals surface area (Å²) in [6.07, 6.45) is 1.66. The molecule has 6 nitrogen and oxygen atoms in total. The van der Waals surface area contributed by atoms with E-state index in [4.69, 9.17) is 0 Å². The lowest BCUT2D eigenvalue weighted by Gasteiger charge is -2.34. The van der Waals surface area contributed by atoms with E-state index >= 15 is 0 Å². The Kier molecular flexibility index (Phi) is 4.71. The summed E-state index contributed by atoms with van der Waals surface area (Å²) in [5.41, 5.74) is 4.36. The van der Waals surface area contributed by atoms with E-state index in [0.29, 0.717) is 5.69 Å². The highest BCUT2D eigenvalue weighted by molar-refractivity contribution is 6.25. The number of hydrogen-bond donors (Lipinski definition) is 0. The zero-order valence-electron chi connectivity index (χ0n) is 19.2. The van der Waals surface area contributed by atoms with Crippen molar-refractivity contribution >= 4 is 29.5 Å². The average molecular weight is 468 g/mol. The van der Waals surface area contributed by atoms with Crippen LogP contribution in [0.25, 0.3) is 0 Å². The van der Waals surface area contributed by atoms with Crippen molar-refractivity contribution in [2.24, 2.45) is 16.9 Å². The van der Waals surface area contributed by atoms with Gasteiger partial charge in [0.05, 0.1) is 29.8 Å². The van der Waals surface area contributed by atoms with Crippen molar-refractivity contribution in [1.29, 1.82) is 0 Å². The van der Waals surface area contributed by atoms with Crippen molar-refractivity contribution in [3.63, 3.8) is 0 Å². The molecule has 7 heteroatoms. The van der Waals surface area contributed by atoms with Crippen LogP contribution in [0.15, 0.2) is 71.8 Å². The molecule has 35 heavy (non-hydrogen) atoms. The molecule has 2 fully saturated rings. The van der Waals surface area contributed by atoms with Crippen molar-refractivity contribution in [3.05, 3.63) is 100 Å². The second-order valence-electron chi connectivity index (χ2n) is 9.37. The molecule has 0 radical (unpaired) electrons. The van der Waals surface area contributed by atoms with E-state index in [1.54, 1.807) is 17.3 Å². The second-order valence-corrected chi connectivity index (χ2v) is 9.37. The molecule has 0 spiro atoms. The van der Waals surface area contributed by atoms with Gasteiger partial charge < -0.3 is 0 Å². The number of hydrazone groups is 1. The molecule has 0 saturated carbocycles. The molecule has 0 aromatic heterocycles. The topological polar surface area (TPSA) is 70.1 Å². The molecule has 4 atom stereocenters. The maximum Gasteiger partial charge on any atom is 0.240 e. The monoisotopic (exact) mass is 467 g/mol. The number of hydrogen-bond acceptors (Lipinski definition) is 5. The van der Waals surface area contributed by atoms with Gasteiger partial charge in [-0.05, 0) is 60.9 Å². The minimum atomic E-state index is -0.979. The SMILES string of the molecule is Cc1ccc(N2C(=O)[C@@H]3[C@H](C2=O)[C@H](C(=O)c2ccc(F)cc2)N2N=Cc4ccccc4[C@@H]32)c(C)c1. The Morgan fingerprint density at radius 2 is 1.63 bits per heavy atom. The van der Waals surface area contributed by atoms with Crippen LogP contribution in [-0.2, 0) is 9.59 Å². The molecule has 0 unspecified atom stereocenters. The van der Waals surface area contributed by atoms with Crippen LogP contribution < -0.4 is 4.90 Å². The fourth-order valence-electron chi connectivity index (χ4n) is 5.75. The number of rotatable bonds is 3. The normalized spacial score (nSPS) is 24.4. The van der Waals surface area contributed by atoms with Gasteiger partial charge in [-0.3, -0.25) is 19.4 Å². The van der Waals surface area contributed by atoms with Gasteiger partial charge >= 0.3 is 0 Å². The third-order valence-electron chi connectivity index (χ3n) is 7.28. The van der Waals surface area contributed by atoms with E-state index in [1.807, 2.05) is 50.2 Å². The first-order valence-electron chi connectivity index (χ1n) is 11.5. The molecule has 6 rings (SSSR count). The number of fused-ring (bicyclic) bond motifs is 5. The lowest BCUT2D eigenvalue weighted by molar-refractivity contribution is -0.124. The highest BCUT2D eigenvalue weighted by Crippen LogP contribution is 2.53. The highest BCUT2D eigenvalue weighted by atomic mass is 19.1. The van der Waals surface area contributed by atoms with E-state index in [1.165, 1.54) is 29.2 Å². The number of Topliss-reactive ketones (excluding diaryl/α,β-unsaturated/α-hetero) is 1. The van der Waals surface area contributed by atoms with Gasteiger partial charge in [-0.2, -0.15) is 5.10 Å². The summed E-state index contributed by atoms with van der Waals surface area (Å²) >= 11 is 0. The van der Waals surface area contributed by atoms with Crippen molar-refractivity contribution in [2.75, 3.05) is 4.90 Å². The van der Waals surface area contributed by atoms with E-state index < -0.39 is 35.6 Å². The number of carbonyl (C=O) groups excluding carboxylic acids is 3. The van der Waals surface area contributed by atoms with Crippen LogP contribution in [0, 0.1) is 31.5 Å². The number of anilines is 1. The first kappa shape index (κ1) is 21.4. The van der Waals surface area contributed by atoms with Gasteiger partial charge in [0.1, 0.15) is 11.9 Å². The third kappa shape index (κ3) is 3.07. The number of ketones is 1. The quantitative estimate of drug-likeness (QED) is 0.428. The number of amides is 2. The number of aryl methyl sites for hydroxylation is 2. The fourth-order valence-corrected chi connectivity index (χ4v) is 5.75. The Morgan fingerprint density at radius 3 is 2.37 bits per heavy atom. The summed E-state index contributed by atoms with van der Waals surface area (Å²) in [6.45, 7) is 3.82. The molecule has 174 valence electrons. The van der Waals surface area contributed by atoms with Crippen LogP contribution in [0.5, 0.6) is 0 Å². The minimum Gasteiger partial charge on any atom is -0.292 e. The maximum atomic E-state index is 13.9. The van der Waals surface area contributed by atoms with E-state index in [0.717, 1.165) is 22.3 Å². The van der Waals surface area contributed by atoms with Gasteiger partial charge in [0.2, 0.25) is 11.8 Å². The molecular formula is C28H22FN3O3. The molecule has 3 aliphatic heterocycles. The Morgan fingerprint density at radius 1 is 0.914 bits per heavy atom. The Hall–Kier alpha value is -4.13. The van der Waals surface area contributed by atoms with E-state index in [9.17, 15) is 18.8 Å². The molecular weight excluding hydrogens is 445 g/mol. The smallest absolute Gasteiger partial charge is 0.240 e. The van der Waals surface area contributed by atoms with Crippen molar-refractivity contribution in [1.82, 2.24) is 5.01 Å². The summed E-state index contributed by atoms with van der Waals surface area (Å²) in [4.78, 5) is 42.8. The molecule has 0 aliphatic carbocycles. The van der Waals surface area contributed by atoms with Crippen LogP contribution in [0.3, 0.4) is 0 Å². The Bertz CT molecular complexity index is 1430. The zero-order chi connectivity index (χ0) is 24.4. The van der Waals surface area contributed by atoms with Crippen molar-refractivity contribution in [3.8, 4) is 0 Å². The predicted octanol–water partition coefficient (Wildman–Crippen LogP) is 4.20. The lowest BCUT2D eigenvalue weighted by Crippen LogP contribution is -2.44. The molecule has 3 heterocycles. The van der Waals surface area contributed by atoms with Crippen LogP contribution >= 0.6 is 0 Å². The molecule has 3 aliphatic rings. The van der Waals surface area contributed by atoms with E-state index in [2.05, 4.69) is 5.10 Å². The zero-order valence-corrected chi connectivity index (χ0v) is 19.2. The van der Waals surface area contributed by atoms with Crippen molar-refractivity contribution < 1.29 is 18.8 Å². The first-order chi connectivity index (χ1) is 16.9. The van der Waals surface area contributed by atoms with Gasteiger partial charge in [-0.1, -0.05) is 42.0 Å². The Labute approximate surface area is 201 Å². The van der Waals surface area contributed by atoms with E-state index in [-0.39, 0.29) is 17.3 Å². The summed E-state index contributed by atoms with van der Waals surface area (Å²) in [5.74, 6) is -3.23. The van der Waals surface area contributed by atoms with Gasteiger partial charge in [-0.25, -0.2) is 9.29 Å². The molecule has 2 amide bonds. The number of carbonyl (C=O) groups is 3. The molecule has 3 aromatic carbocycles. The van der Waals surface area contributed by atoms with Gasteiger partial charge in [-0.15, -0.1) is 0 Å². The number of nitrogens with zero attached hydrogens (tertiary/aromatic N) is 3. The minimum absolute atomic E-state index is 0.273. The van der Waals surface area contributed by atoms with Crippen molar-refractivity contribution in [2.45, 2.75) is 25.9 Å². The number of halogens is 1. The number of benzene rings is 3. The third-order valence-corrected chi connectivity index (χ3v) is 7.28. The largest absolute Gasteiger partial charge is 0.292 e. The highest BCUT2D eigenvalue weighted by Gasteiger charge is 2.65. The summed E-state index contributed by atoms with van der Waals surface area (Å²) in [6, 6.07) is 16.9. The van der Waals surface area contributed by atoms with Gasteiger partial charge in [0.15, 0.2) is 5.78 Å². The Balaban J connectivity index is 1.50. The lowest BCUT2D eigenvalue weighted by atomic mass is 9.83. The molecule has 2 saturated heterocycles. The standard InChI is InChI=1S/C28H22FN3O3/c1-15-7-12-21(16(2)13-15)31-27(34)22-23(28(31)35)25(26(33)17-8-10-19(29)11-9-17)32-24(22)20-6-4-3-5-18(20)14-30-32/h3-14,22-25H,1-2H3/t22-,23+,24+,25-/m1/s1. The fraction of sp³-hybridized carbons (Fsp3) is 0.214.